The van der Waals surface area contributed by atoms with Crippen LogP contribution in [0, 0.1) is 0 Å². The predicted octanol–water partition coefficient (Wildman–Crippen LogP) is -0.230. The molecule has 0 atom stereocenters. The van der Waals surface area contributed by atoms with Gasteiger partial charge in [-0.05, 0) is 6.92 Å². The summed E-state index contributed by atoms with van der Waals surface area (Å²) < 4.78 is 6.38. The number of nitrogens with zero attached hydrogens (tertiary/aromatic N) is 1. The molecule has 9 heavy (non-hydrogen) atoms. The van der Waals surface area contributed by atoms with Crippen LogP contribution in [0.4, 0.5) is 0 Å². The summed E-state index contributed by atoms with van der Waals surface area (Å²) in [6.45, 7) is 2.91. The average molecular weight is 148 g/mol. The standard InChI is InChI=1S/C6H18NOSi/c1-5-8-6-9-7(2,3)4/h5-6,9H2,1-4H3/q+1. The molecule has 3 heteroatoms. The van der Waals surface area contributed by atoms with Crippen molar-refractivity contribution in [3.05, 3.63) is 0 Å². The van der Waals surface area contributed by atoms with Gasteiger partial charge < -0.3 is 8.89 Å². The van der Waals surface area contributed by atoms with Crippen molar-refractivity contribution in [1.82, 2.24) is 0 Å². The Morgan fingerprint density at radius 1 is 1.33 bits per heavy atom. The topological polar surface area (TPSA) is 9.23 Å². The van der Waals surface area contributed by atoms with Crippen LogP contribution >= 0.6 is 0 Å². The Morgan fingerprint density at radius 3 is 2.22 bits per heavy atom. The smallest absolute Gasteiger partial charge is 0.280 e. The SMILES string of the molecule is CCOC[SiH2][N+](C)(C)C. The minimum atomic E-state index is -0.0461. The van der Waals surface area contributed by atoms with Crippen LogP contribution in [0.5, 0.6) is 0 Å². The van der Waals surface area contributed by atoms with Gasteiger partial charge in [-0.3, -0.25) is 0 Å². The first kappa shape index (κ1) is 9.14. The summed E-state index contributed by atoms with van der Waals surface area (Å²) in [6, 6.07) is 0. The molecule has 0 aromatic rings. The first-order valence-corrected chi connectivity index (χ1v) is 5.07. The van der Waals surface area contributed by atoms with Crippen molar-refractivity contribution in [2.75, 3.05) is 34.0 Å². The van der Waals surface area contributed by atoms with Gasteiger partial charge in [-0.25, -0.2) is 0 Å². The van der Waals surface area contributed by atoms with Gasteiger partial charge in [-0.2, -0.15) is 0 Å². The van der Waals surface area contributed by atoms with E-state index in [0.717, 1.165) is 17.0 Å². The molecule has 0 saturated carbocycles. The number of rotatable bonds is 4. The first-order valence-electron chi connectivity index (χ1n) is 3.44. The Labute approximate surface area is 60.3 Å². The molecule has 0 amide bonds. The maximum Gasteiger partial charge on any atom is 0.280 e. The summed E-state index contributed by atoms with van der Waals surface area (Å²) in [5, 5.41) is 0. The third-order valence-electron chi connectivity index (χ3n) is 1.11. The highest BCUT2D eigenvalue weighted by atomic mass is 28.2. The Morgan fingerprint density at radius 2 is 1.89 bits per heavy atom. The first-order chi connectivity index (χ1) is 4.06. The molecule has 0 aliphatic rings. The summed E-state index contributed by atoms with van der Waals surface area (Å²) in [5.41, 5.74) is 0. The van der Waals surface area contributed by atoms with Crippen LogP contribution in [0.25, 0.3) is 0 Å². The number of hydrogen-bond donors (Lipinski definition) is 0. The van der Waals surface area contributed by atoms with Crippen LogP contribution < -0.4 is 0 Å². The van der Waals surface area contributed by atoms with Crippen molar-refractivity contribution in [3.8, 4) is 0 Å². The molecule has 0 unspecified atom stereocenters. The summed E-state index contributed by atoms with van der Waals surface area (Å²) in [4.78, 5) is 0. The van der Waals surface area contributed by atoms with Crippen LogP contribution in [-0.2, 0) is 4.74 Å². The second-order valence-electron chi connectivity index (χ2n) is 3.21. The molecule has 0 bridgehead atoms. The monoisotopic (exact) mass is 148 g/mol. The summed E-state index contributed by atoms with van der Waals surface area (Å²) in [6.07, 6.45) is 1.01. The molecular formula is C6H18NOSi+. The number of hydrogen-bond acceptors (Lipinski definition) is 1. The fourth-order valence-corrected chi connectivity index (χ4v) is 1.45. The zero-order chi connectivity index (χ0) is 7.33. The lowest BCUT2D eigenvalue weighted by molar-refractivity contribution is -0.756. The van der Waals surface area contributed by atoms with Crippen LogP contribution in [-0.4, -0.2) is 47.8 Å². The van der Waals surface area contributed by atoms with Crippen LogP contribution in [0.3, 0.4) is 0 Å². The lowest BCUT2D eigenvalue weighted by Gasteiger charge is -2.24. The minimum absolute atomic E-state index is 0.0461. The molecule has 0 rings (SSSR count). The Hall–Kier alpha value is 0.137. The Balaban J connectivity index is 3.07. The molecule has 0 saturated heterocycles. The highest BCUT2D eigenvalue weighted by molar-refractivity contribution is 6.25. The molecule has 0 radical (unpaired) electrons. The molecule has 2 nitrogen and oxygen atoms in total. The van der Waals surface area contributed by atoms with E-state index in [0.29, 0.717) is 0 Å². The van der Waals surface area contributed by atoms with Crippen molar-refractivity contribution in [1.29, 1.82) is 0 Å². The molecule has 0 fully saturated rings. The maximum absolute atomic E-state index is 5.26. The van der Waals surface area contributed by atoms with E-state index in [2.05, 4.69) is 21.1 Å². The molecule has 0 aliphatic carbocycles. The molecule has 56 valence electrons. The van der Waals surface area contributed by atoms with Gasteiger partial charge in [0, 0.05) is 6.61 Å². The fourth-order valence-electron chi connectivity index (χ4n) is 0.483. The quantitative estimate of drug-likeness (QED) is 0.395. The van der Waals surface area contributed by atoms with Gasteiger partial charge in [0.2, 0.25) is 0 Å². The third-order valence-corrected chi connectivity index (χ3v) is 2.92. The van der Waals surface area contributed by atoms with Crippen molar-refractivity contribution in [2.45, 2.75) is 6.92 Å². The van der Waals surface area contributed by atoms with E-state index in [-0.39, 0.29) is 9.68 Å². The largest absolute Gasteiger partial charge is 0.394 e. The van der Waals surface area contributed by atoms with E-state index in [1.54, 1.807) is 0 Å². The lowest BCUT2D eigenvalue weighted by Crippen LogP contribution is -2.41. The van der Waals surface area contributed by atoms with Crippen LogP contribution in [0.2, 0.25) is 0 Å². The zero-order valence-corrected chi connectivity index (χ0v) is 8.39. The third kappa shape index (κ3) is 8.14. The molecule has 0 aliphatic heterocycles. The average Bonchev–Trinajstić information content (AvgIpc) is 1.63. The van der Waals surface area contributed by atoms with E-state index < -0.39 is 0 Å². The van der Waals surface area contributed by atoms with Crippen molar-refractivity contribution < 1.29 is 8.89 Å². The Bertz CT molecular complexity index is 69.9. The van der Waals surface area contributed by atoms with Crippen molar-refractivity contribution in [3.63, 3.8) is 0 Å². The van der Waals surface area contributed by atoms with E-state index in [4.69, 9.17) is 4.74 Å². The van der Waals surface area contributed by atoms with Crippen molar-refractivity contribution in [2.24, 2.45) is 0 Å². The summed E-state index contributed by atoms with van der Waals surface area (Å²) in [5.74, 6) is 0. The number of ether oxygens (including phenoxy) is 1. The molecular weight excluding hydrogens is 130 g/mol. The van der Waals surface area contributed by atoms with Gasteiger partial charge in [0.25, 0.3) is 9.68 Å². The van der Waals surface area contributed by atoms with E-state index in [9.17, 15) is 0 Å². The lowest BCUT2D eigenvalue weighted by atomic mass is 10.9. The van der Waals surface area contributed by atoms with Gasteiger partial charge in [-0.1, -0.05) is 0 Å². The van der Waals surface area contributed by atoms with Crippen LogP contribution in [0.15, 0.2) is 0 Å². The second-order valence-corrected chi connectivity index (χ2v) is 5.96. The van der Waals surface area contributed by atoms with Crippen molar-refractivity contribution >= 4 is 9.68 Å². The highest BCUT2D eigenvalue weighted by Crippen LogP contribution is 1.84. The highest BCUT2D eigenvalue weighted by Gasteiger charge is 2.06. The van der Waals surface area contributed by atoms with Gasteiger partial charge in [0.05, 0.1) is 27.4 Å². The van der Waals surface area contributed by atoms with Gasteiger partial charge in [0.15, 0.2) is 0 Å². The van der Waals surface area contributed by atoms with E-state index >= 15 is 0 Å². The van der Waals surface area contributed by atoms with Crippen LogP contribution in [0.1, 0.15) is 6.92 Å². The second kappa shape index (κ2) is 4.03. The Kier molecular flexibility index (Phi) is 4.09. The van der Waals surface area contributed by atoms with Gasteiger partial charge in [0.1, 0.15) is 0 Å². The van der Waals surface area contributed by atoms with Gasteiger partial charge in [-0.15, -0.1) is 0 Å². The molecule has 0 aromatic heterocycles. The molecule has 0 aromatic carbocycles. The predicted molar refractivity (Wildman–Crippen MR) is 43.1 cm³/mol. The summed E-state index contributed by atoms with van der Waals surface area (Å²) >= 11 is 0. The van der Waals surface area contributed by atoms with Gasteiger partial charge >= 0.3 is 0 Å². The molecule has 0 spiro atoms. The molecule has 0 N–H and O–H groups in total. The normalized spacial score (nSPS) is 13.3. The fraction of sp³-hybridized carbons (Fsp3) is 1.00. The molecule has 0 heterocycles. The summed E-state index contributed by atoms with van der Waals surface area (Å²) in [7, 11) is 6.64. The number of quaternary nitrogens is 1. The minimum Gasteiger partial charge on any atom is -0.394 e. The van der Waals surface area contributed by atoms with E-state index in [1.807, 2.05) is 6.92 Å². The van der Waals surface area contributed by atoms with E-state index in [1.165, 1.54) is 0 Å². The zero-order valence-electron chi connectivity index (χ0n) is 6.98. The maximum atomic E-state index is 5.26.